The zero-order valence-corrected chi connectivity index (χ0v) is 12.0. The maximum Gasteiger partial charge on any atom is 0.255 e. The van der Waals surface area contributed by atoms with E-state index in [0.29, 0.717) is 16.9 Å². The van der Waals surface area contributed by atoms with Crippen molar-refractivity contribution in [2.75, 3.05) is 7.11 Å². The van der Waals surface area contributed by atoms with Crippen LogP contribution in [0.1, 0.15) is 34.5 Å². The molecule has 0 aromatic heterocycles. The van der Waals surface area contributed by atoms with Crippen molar-refractivity contribution in [3.8, 4) is 11.8 Å². The molecule has 0 spiro atoms. The van der Waals surface area contributed by atoms with Crippen LogP contribution in [0, 0.1) is 11.3 Å². The molecule has 4 heteroatoms. The number of para-hydroxylation sites is 1. The summed E-state index contributed by atoms with van der Waals surface area (Å²) in [5.41, 5.74) is 2.04. The minimum Gasteiger partial charge on any atom is -0.496 e. The highest BCUT2D eigenvalue weighted by Crippen LogP contribution is 2.19. The van der Waals surface area contributed by atoms with Gasteiger partial charge in [0.05, 0.1) is 30.3 Å². The molecule has 1 N–H and O–H groups in total. The van der Waals surface area contributed by atoms with Gasteiger partial charge in [-0.2, -0.15) is 5.26 Å². The smallest absolute Gasteiger partial charge is 0.255 e. The Morgan fingerprint density at radius 2 is 1.86 bits per heavy atom. The lowest BCUT2D eigenvalue weighted by molar-refractivity contribution is 0.0937. The highest BCUT2D eigenvalue weighted by molar-refractivity contribution is 5.97. The molecule has 0 aliphatic rings. The Bertz CT molecular complexity index is 672. The molecule has 1 atom stereocenters. The number of carbonyl (C=O) groups excluding carboxylic acids is 1. The molecule has 1 unspecified atom stereocenters. The van der Waals surface area contributed by atoms with Crippen LogP contribution in [0.3, 0.4) is 0 Å². The average Bonchev–Trinajstić information content (AvgIpc) is 2.54. The van der Waals surface area contributed by atoms with Crippen molar-refractivity contribution in [1.29, 1.82) is 5.26 Å². The summed E-state index contributed by atoms with van der Waals surface area (Å²) in [6.45, 7) is 1.90. The first-order chi connectivity index (χ1) is 10.2. The van der Waals surface area contributed by atoms with Crippen molar-refractivity contribution in [2.24, 2.45) is 0 Å². The molecular weight excluding hydrogens is 264 g/mol. The fourth-order valence-electron chi connectivity index (χ4n) is 2.04. The first kappa shape index (κ1) is 14.6. The molecule has 21 heavy (non-hydrogen) atoms. The van der Waals surface area contributed by atoms with E-state index in [9.17, 15) is 4.79 Å². The van der Waals surface area contributed by atoms with E-state index in [1.54, 1.807) is 30.3 Å². The Hall–Kier alpha value is -2.80. The highest BCUT2D eigenvalue weighted by Gasteiger charge is 2.14. The van der Waals surface area contributed by atoms with E-state index in [2.05, 4.69) is 11.4 Å². The molecular formula is C17H16N2O2. The Morgan fingerprint density at radius 3 is 2.48 bits per heavy atom. The van der Waals surface area contributed by atoms with Gasteiger partial charge in [0.15, 0.2) is 0 Å². The minimum absolute atomic E-state index is 0.157. The Balaban J connectivity index is 2.13. The van der Waals surface area contributed by atoms with Gasteiger partial charge in [0.25, 0.3) is 5.91 Å². The third-order valence-electron chi connectivity index (χ3n) is 3.24. The largest absolute Gasteiger partial charge is 0.496 e. The summed E-state index contributed by atoms with van der Waals surface area (Å²) in [5, 5.41) is 11.7. The lowest BCUT2D eigenvalue weighted by Crippen LogP contribution is -2.27. The zero-order chi connectivity index (χ0) is 15.2. The maximum absolute atomic E-state index is 12.3. The summed E-state index contributed by atoms with van der Waals surface area (Å²) >= 11 is 0. The van der Waals surface area contributed by atoms with Gasteiger partial charge in [0.1, 0.15) is 5.75 Å². The van der Waals surface area contributed by atoms with Gasteiger partial charge in [-0.15, -0.1) is 0 Å². The van der Waals surface area contributed by atoms with E-state index < -0.39 is 0 Å². The number of rotatable bonds is 4. The average molecular weight is 280 g/mol. The molecule has 4 nitrogen and oxygen atoms in total. The van der Waals surface area contributed by atoms with E-state index in [0.717, 1.165) is 5.56 Å². The second kappa shape index (κ2) is 6.58. The Labute approximate surface area is 124 Å². The second-order valence-corrected chi connectivity index (χ2v) is 4.63. The molecule has 0 radical (unpaired) electrons. The third-order valence-corrected chi connectivity index (χ3v) is 3.24. The fourth-order valence-corrected chi connectivity index (χ4v) is 2.04. The molecule has 106 valence electrons. The number of hydrogen-bond acceptors (Lipinski definition) is 3. The van der Waals surface area contributed by atoms with Crippen molar-refractivity contribution >= 4 is 5.91 Å². The van der Waals surface area contributed by atoms with Crippen LogP contribution < -0.4 is 10.1 Å². The standard InChI is InChI=1S/C17H16N2O2/c1-12(14-9-7-13(11-18)8-10-14)19-17(20)15-5-3-4-6-16(15)21-2/h3-10,12H,1-2H3,(H,19,20). The molecule has 0 aliphatic heterocycles. The van der Waals surface area contributed by atoms with Crippen LogP contribution in [0.15, 0.2) is 48.5 Å². The number of hydrogen-bond donors (Lipinski definition) is 1. The van der Waals surface area contributed by atoms with Crippen LogP contribution in [0.5, 0.6) is 5.75 Å². The van der Waals surface area contributed by atoms with Crippen molar-refractivity contribution in [3.63, 3.8) is 0 Å². The summed E-state index contributed by atoms with van der Waals surface area (Å²) in [6, 6.07) is 16.2. The predicted octanol–water partition coefficient (Wildman–Crippen LogP) is 3.06. The van der Waals surface area contributed by atoms with Crippen LogP contribution in [0.2, 0.25) is 0 Å². The van der Waals surface area contributed by atoms with E-state index in [-0.39, 0.29) is 11.9 Å². The summed E-state index contributed by atoms with van der Waals surface area (Å²) < 4.78 is 5.19. The normalized spacial score (nSPS) is 11.3. The van der Waals surface area contributed by atoms with Gasteiger partial charge in [-0.25, -0.2) is 0 Å². The summed E-state index contributed by atoms with van der Waals surface area (Å²) in [6.07, 6.45) is 0. The van der Waals surface area contributed by atoms with Gasteiger partial charge in [-0.3, -0.25) is 4.79 Å². The molecule has 1 amide bonds. The number of ether oxygens (including phenoxy) is 1. The quantitative estimate of drug-likeness (QED) is 0.936. The molecule has 0 aliphatic carbocycles. The van der Waals surface area contributed by atoms with Crippen LogP contribution in [-0.2, 0) is 0 Å². The molecule has 0 saturated carbocycles. The van der Waals surface area contributed by atoms with Gasteiger partial charge < -0.3 is 10.1 Å². The number of nitriles is 1. The summed E-state index contributed by atoms with van der Waals surface area (Å²) in [7, 11) is 1.54. The topological polar surface area (TPSA) is 62.1 Å². The fraction of sp³-hybridized carbons (Fsp3) is 0.176. The molecule has 2 aromatic carbocycles. The molecule has 2 aromatic rings. The molecule has 0 fully saturated rings. The van der Waals surface area contributed by atoms with E-state index >= 15 is 0 Å². The first-order valence-electron chi connectivity index (χ1n) is 6.59. The SMILES string of the molecule is COc1ccccc1C(=O)NC(C)c1ccc(C#N)cc1. The van der Waals surface area contributed by atoms with Gasteiger partial charge in [-0.1, -0.05) is 24.3 Å². The maximum atomic E-state index is 12.3. The van der Waals surface area contributed by atoms with Crippen molar-refractivity contribution in [2.45, 2.75) is 13.0 Å². The minimum atomic E-state index is -0.190. The van der Waals surface area contributed by atoms with Crippen molar-refractivity contribution < 1.29 is 9.53 Å². The number of nitrogens with zero attached hydrogens (tertiary/aromatic N) is 1. The van der Waals surface area contributed by atoms with E-state index in [4.69, 9.17) is 10.00 Å². The lowest BCUT2D eigenvalue weighted by Gasteiger charge is -2.15. The molecule has 0 heterocycles. The zero-order valence-electron chi connectivity index (χ0n) is 12.0. The first-order valence-corrected chi connectivity index (χ1v) is 6.59. The molecule has 0 bridgehead atoms. The number of amides is 1. The van der Waals surface area contributed by atoms with Crippen molar-refractivity contribution in [3.05, 3.63) is 65.2 Å². The van der Waals surface area contributed by atoms with Gasteiger partial charge in [0.2, 0.25) is 0 Å². The Morgan fingerprint density at radius 1 is 1.19 bits per heavy atom. The predicted molar refractivity (Wildman–Crippen MR) is 80.0 cm³/mol. The number of nitrogens with one attached hydrogen (secondary N) is 1. The summed E-state index contributed by atoms with van der Waals surface area (Å²) in [4.78, 5) is 12.3. The van der Waals surface area contributed by atoms with Crippen LogP contribution >= 0.6 is 0 Å². The molecule has 2 rings (SSSR count). The van der Waals surface area contributed by atoms with Gasteiger partial charge >= 0.3 is 0 Å². The lowest BCUT2D eigenvalue weighted by atomic mass is 10.1. The highest BCUT2D eigenvalue weighted by atomic mass is 16.5. The van der Waals surface area contributed by atoms with E-state index in [1.807, 2.05) is 25.1 Å². The summed E-state index contributed by atoms with van der Waals surface area (Å²) in [5.74, 6) is 0.353. The van der Waals surface area contributed by atoms with Gasteiger partial charge in [0, 0.05) is 0 Å². The third kappa shape index (κ3) is 3.40. The van der Waals surface area contributed by atoms with Gasteiger partial charge in [-0.05, 0) is 36.8 Å². The van der Waals surface area contributed by atoms with Crippen molar-refractivity contribution in [1.82, 2.24) is 5.32 Å². The monoisotopic (exact) mass is 280 g/mol. The van der Waals surface area contributed by atoms with Crippen LogP contribution in [0.4, 0.5) is 0 Å². The second-order valence-electron chi connectivity index (χ2n) is 4.63. The van der Waals surface area contributed by atoms with E-state index in [1.165, 1.54) is 7.11 Å². The van der Waals surface area contributed by atoms with Crippen LogP contribution in [0.25, 0.3) is 0 Å². The number of benzene rings is 2. The number of methoxy groups -OCH3 is 1. The van der Waals surface area contributed by atoms with Crippen LogP contribution in [-0.4, -0.2) is 13.0 Å². The number of carbonyl (C=O) groups is 1. The Kier molecular flexibility index (Phi) is 4.57. The molecule has 0 saturated heterocycles.